The second kappa shape index (κ2) is 11.4. The Kier molecular flexibility index (Phi) is 9.47. The van der Waals surface area contributed by atoms with E-state index in [0.717, 1.165) is 10.0 Å². The first-order chi connectivity index (χ1) is 14.3. The molecule has 0 aliphatic rings. The summed E-state index contributed by atoms with van der Waals surface area (Å²) in [6.07, 6.45) is 0.0339. The Bertz CT molecular complexity index is 1040. The van der Waals surface area contributed by atoms with E-state index in [1.54, 1.807) is 0 Å². The average molecular weight is 553 g/mol. The normalized spacial score (nSPS) is 11.9. The molecular weight excluding hydrogens is 532 g/mol. The van der Waals surface area contributed by atoms with E-state index in [1.807, 2.05) is 32.0 Å². The zero-order chi connectivity index (χ0) is 21.8. The molecule has 0 aliphatic carbocycles. The SMILES string of the molecule is CC(C)Oc1cc(Br)cc(-c2nnc(-c3cc(F)c(OC[C@H](N)CO)cc3Cl)s2)c1.Cl. The summed E-state index contributed by atoms with van der Waals surface area (Å²) in [7, 11) is 0. The maximum Gasteiger partial charge on any atom is 0.165 e. The predicted octanol–water partition coefficient (Wildman–Crippen LogP) is 5.33. The van der Waals surface area contributed by atoms with Crippen LogP contribution in [0, 0.1) is 5.82 Å². The van der Waals surface area contributed by atoms with Crippen molar-refractivity contribution in [3.8, 4) is 32.6 Å². The fourth-order valence-electron chi connectivity index (χ4n) is 2.53. The van der Waals surface area contributed by atoms with E-state index in [1.165, 1.54) is 23.5 Å². The highest BCUT2D eigenvalue weighted by Gasteiger charge is 2.17. The zero-order valence-corrected chi connectivity index (χ0v) is 20.6. The van der Waals surface area contributed by atoms with E-state index in [2.05, 4.69) is 26.1 Å². The van der Waals surface area contributed by atoms with E-state index >= 15 is 0 Å². The molecular formula is C20H21BrCl2FN3O3S. The Morgan fingerprint density at radius 1 is 1.19 bits per heavy atom. The molecule has 0 aliphatic heterocycles. The second-order valence-electron chi connectivity index (χ2n) is 6.77. The number of aliphatic hydroxyl groups excluding tert-OH is 1. The number of ether oxygens (including phenoxy) is 2. The van der Waals surface area contributed by atoms with Crippen molar-refractivity contribution in [1.29, 1.82) is 0 Å². The maximum atomic E-state index is 14.5. The van der Waals surface area contributed by atoms with Gasteiger partial charge in [-0.2, -0.15) is 0 Å². The number of hydrogen-bond acceptors (Lipinski definition) is 7. The van der Waals surface area contributed by atoms with Gasteiger partial charge in [-0.05, 0) is 38.1 Å². The lowest BCUT2D eigenvalue weighted by molar-refractivity contribution is 0.202. The summed E-state index contributed by atoms with van der Waals surface area (Å²) in [6, 6.07) is 7.66. The molecule has 0 saturated carbocycles. The van der Waals surface area contributed by atoms with E-state index in [4.69, 9.17) is 31.9 Å². The molecule has 0 spiro atoms. The molecule has 0 unspecified atom stereocenters. The third kappa shape index (κ3) is 6.74. The summed E-state index contributed by atoms with van der Waals surface area (Å²) in [6.45, 7) is 3.60. The molecule has 0 fully saturated rings. The first-order valence-corrected chi connectivity index (χ1v) is 11.1. The Labute approximate surface area is 203 Å². The molecule has 0 radical (unpaired) electrons. The minimum Gasteiger partial charge on any atom is -0.491 e. The fourth-order valence-corrected chi connectivity index (χ4v) is 4.16. The van der Waals surface area contributed by atoms with Crippen LogP contribution in [0.25, 0.3) is 21.1 Å². The summed E-state index contributed by atoms with van der Waals surface area (Å²) < 4.78 is 26.4. The van der Waals surface area contributed by atoms with Crippen molar-refractivity contribution in [2.75, 3.05) is 13.2 Å². The van der Waals surface area contributed by atoms with Gasteiger partial charge in [0.15, 0.2) is 11.6 Å². The highest BCUT2D eigenvalue weighted by Crippen LogP contribution is 2.38. The number of benzene rings is 2. The second-order valence-corrected chi connectivity index (χ2v) is 9.07. The maximum absolute atomic E-state index is 14.5. The van der Waals surface area contributed by atoms with Crippen molar-refractivity contribution >= 4 is 51.3 Å². The molecule has 3 N–H and O–H groups in total. The van der Waals surface area contributed by atoms with Crippen LogP contribution in [-0.2, 0) is 0 Å². The van der Waals surface area contributed by atoms with Gasteiger partial charge >= 0.3 is 0 Å². The molecule has 31 heavy (non-hydrogen) atoms. The fraction of sp³-hybridized carbons (Fsp3) is 0.300. The van der Waals surface area contributed by atoms with E-state index in [-0.39, 0.29) is 42.5 Å². The summed E-state index contributed by atoms with van der Waals surface area (Å²) in [5.41, 5.74) is 6.80. The quantitative estimate of drug-likeness (QED) is 0.392. The molecule has 0 bridgehead atoms. The van der Waals surface area contributed by atoms with Gasteiger partial charge in [-0.1, -0.05) is 38.9 Å². The minimum atomic E-state index is -0.608. The van der Waals surface area contributed by atoms with Crippen LogP contribution >= 0.6 is 51.3 Å². The lowest BCUT2D eigenvalue weighted by Crippen LogP contribution is -2.31. The molecule has 11 heteroatoms. The van der Waals surface area contributed by atoms with Crippen molar-refractivity contribution in [2.45, 2.75) is 26.0 Å². The number of aliphatic hydroxyl groups is 1. The van der Waals surface area contributed by atoms with Crippen molar-refractivity contribution in [3.05, 3.63) is 45.6 Å². The van der Waals surface area contributed by atoms with Gasteiger partial charge in [0, 0.05) is 21.7 Å². The molecule has 1 atom stereocenters. The van der Waals surface area contributed by atoms with Gasteiger partial charge < -0.3 is 20.3 Å². The van der Waals surface area contributed by atoms with Gasteiger partial charge in [-0.25, -0.2) is 4.39 Å². The van der Waals surface area contributed by atoms with Gasteiger partial charge in [0.1, 0.15) is 22.4 Å². The first kappa shape index (κ1) is 25.8. The summed E-state index contributed by atoms with van der Waals surface area (Å²) in [5, 5.41) is 18.7. The molecule has 6 nitrogen and oxygen atoms in total. The third-order valence-corrected chi connectivity index (χ3v) is 5.63. The molecule has 168 valence electrons. The molecule has 0 amide bonds. The van der Waals surface area contributed by atoms with Crippen LogP contribution in [0.3, 0.4) is 0 Å². The van der Waals surface area contributed by atoms with E-state index < -0.39 is 11.9 Å². The van der Waals surface area contributed by atoms with Crippen LogP contribution in [0.1, 0.15) is 13.8 Å². The molecule has 1 aromatic heterocycles. The zero-order valence-electron chi connectivity index (χ0n) is 16.6. The van der Waals surface area contributed by atoms with Crippen LogP contribution in [0.2, 0.25) is 5.02 Å². The standard InChI is InChI=1S/C20H20BrClFN3O3S.ClH/c1-10(2)29-14-4-11(3-12(21)5-14)19-25-26-20(30-19)15-6-17(23)18(7-16(15)22)28-9-13(24)8-27;/h3-7,10,13,27H,8-9,24H2,1-2H3;1H/t13-;/m1./s1. The Morgan fingerprint density at radius 3 is 2.58 bits per heavy atom. The molecule has 3 rings (SSSR count). The average Bonchev–Trinajstić information content (AvgIpc) is 3.17. The van der Waals surface area contributed by atoms with Crippen LogP contribution in [0.15, 0.2) is 34.8 Å². The van der Waals surface area contributed by atoms with Crippen LogP contribution in [-0.4, -0.2) is 40.7 Å². The first-order valence-electron chi connectivity index (χ1n) is 9.06. The van der Waals surface area contributed by atoms with Crippen molar-refractivity contribution < 1.29 is 19.0 Å². The Hall–Kier alpha value is -1.49. The van der Waals surface area contributed by atoms with Gasteiger partial charge in [-0.15, -0.1) is 22.6 Å². The highest BCUT2D eigenvalue weighted by molar-refractivity contribution is 9.10. The third-order valence-electron chi connectivity index (χ3n) is 3.85. The monoisotopic (exact) mass is 551 g/mol. The lowest BCUT2D eigenvalue weighted by atomic mass is 10.2. The van der Waals surface area contributed by atoms with Gasteiger partial charge in [-0.3, -0.25) is 0 Å². The summed E-state index contributed by atoms with van der Waals surface area (Å²) in [4.78, 5) is 0. The van der Waals surface area contributed by atoms with Crippen molar-refractivity contribution in [1.82, 2.24) is 10.2 Å². The molecule has 3 aromatic rings. The summed E-state index contributed by atoms with van der Waals surface area (Å²) >= 11 is 11.1. The Balaban J connectivity index is 0.00000341. The van der Waals surface area contributed by atoms with E-state index in [0.29, 0.717) is 21.3 Å². The molecule has 0 saturated heterocycles. The lowest BCUT2D eigenvalue weighted by Gasteiger charge is -2.12. The summed E-state index contributed by atoms with van der Waals surface area (Å²) in [5.74, 6) is 0.0593. The van der Waals surface area contributed by atoms with Crippen molar-refractivity contribution in [3.63, 3.8) is 0 Å². The largest absolute Gasteiger partial charge is 0.491 e. The number of nitrogens with two attached hydrogens (primary N) is 1. The van der Waals surface area contributed by atoms with Crippen LogP contribution in [0.4, 0.5) is 4.39 Å². The smallest absolute Gasteiger partial charge is 0.165 e. The number of halogens is 4. The molecule has 2 aromatic carbocycles. The number of hydrogen-bond donors (Lipinski definition) is 2. The Morgan fingerprint density at radius 2 is 1.90 bits per heavy atom. The van der Waals surface area contributed by atoms with Gasteiger partial charge in [0.2, 0.25) is 0 Å². The predicted molar refractivity (Wildman–Crippen MR) is 127 cm³/mol. The van der Waals surface area contributed by atoms with Gasteiger partial charge in [0.25, 0.3) is 0 Å². The van der Waals surface area contributed by atoms with Crippen molar-refractivity contribution in [2.24, 2.45) is 5.73 Å². The highest BCUT2D eigenvalue weighted by atomic mass is 79.9. The molecule has 1 heterocycles. The number of aromatic nitrogens is 2. The minimum absolute atomic E-state index is 0. The van der Waals surface area contributed by atoms with Gasteiger partial charge in [0.05, 0.1) is 23.8 Å². The topological polar surface area (TPSA) is 90.5 Å². The van der Waals surface area contributed by atoms with E-state index in [9.17, 15) is 4.39 Å². The van der Waals surface area contributed by atoms with Crippen LogP contribution in [0.5, 0.6) is 11.5 Å². The van der Waals surface area contributed by atoms with Crippen LogP contribution < -0.4 is 15.2 Å². The number of nitrogens with zero attached hydrogens (tertiary/aromatic N) is 2. The number of rotatable bonds is 8.